The number of benzene rings is 1. The van der Waals surface area contributed by atoms with E-state index in [-0.39, 0.29) is 12.3 Å². The molecule has 0 aliphatic carbocycles. The molecule has 2 rings (SSSR count). The summed E-state index contributed by atoms with van der Waals surface area (Å²) in [5, 5.41) is 10.5. The topological polar surface area (TPSA) is 92.4 Å². The van der Waals surface area contributed by atoms with Gasteiger partial charge in [0.05, 0.1) is 6.54 Å². The van der Waals surface area contributed by atoms with Crippen molar-refractivity contribution in [3.63, 3.8) is 0 Å². The number of oxazole rings is 1. The first-order valence-corrected chi connectivity index (χ1v) is 7.45. The number of hydrogen-bond donors (Lipinski definition) is 2. The Labute approximate surface area is 128 Å². The van der Waals surface area contributed by atoms with Gasteiger partial charge in [0, 0.05) is 12.8 Å². The van der Waals surface area contributed by atoms with Crippen LogP contribution in [0, 0.1) is 0 Å². The summed E-state index contributed by atoms with van der Waals surface area (Å²) in [6.45, 7) is 1.97. The lowest BCUT2D eigenvalue weighted by molar-refractivity contribution is -0.118. The number of ketones is 1. The predicted octanol–water partition coefficient (Wildman–Crippen LogP) is 2.94. The maximum atomic E-state index is 11.5. The fourth-order valence-electron chi connectivity index (χ4n) is 2.15. The van der Waals surface area contributed by atoms with Gasteiger partial charge in [-0.05, 0) is 30.5 Å². The van der Waals surface area contributed by atoms with E-state index in [9.17, 15) is 9.59 Å². The first kappa shape index (κ1) is 16.0. The minimum atomic E-state index is -1.18. The van der Waals surface area contributed by atoms with Crippen LogP contribution in [0.15, 0.2) is 22.6 Å². The van der Waals surface area contributed by atoms with Gasteiger partial charge in [-0.3, -0.25) is 4.79 Å². The van der Waals surface area contributed by atoms with Crippen LogP contribution in [0.5, 0.6) is 0 Å². The van der Waals surface area contributed by atoms with Crippen LogP contribution < -0.4 is 5.32 Å². The van der Waals surface area contributed by atoms with E-state index in [4.69, 9.17) is 9.52 Å². The molecule has 0 unspecified atom stereocenters. The van der Waals surface area contributed by atoms with Crippen LogP contribution in [-0.4, -0.2) is 28.5 Å². The molecule has 0 aliphatic rings. The van der Waals surface area contributed by atoms with Crippen LogP contribution in [-0.2, 0) is 17.6 Å². The number of nitrogens with zero attached hydrogens (tertiary/aromatic N) is 1. The summed E-state index contributed by atoms with van der Waals surface area (Å²) < 4.78 is 5.71. The first-order chi connectivity index (χ1) is 10.6. The summed E-state index contributed by atoms with van der Waals surface area (Å²) >= 11 is 0. The largest absolute Gasteiger partial charge is 0.465 e. The summed E-state index contributed by atoms with van der Waals surface area (Å²) in [5.74, 6) is 0.611. The fourth-order valence-corrected chi connectivity index (χ4v) is 2.15. The molecule has 0 atom stereocenters. The van der Waals surface area contributed by atoms with Crippen molar-refractivity contribution in [3.05, 3.63) is 29.7 Å². The molecule has 0 radical (unpaired) electrons. The Bertz CT molecular complexity index is 663. The zero-order valence-electron chi connectivity index (χ0n) is 12.6. The third-order valence-corrected chi connectivity index (χ3v) is 3.37. The van der Waals surface area contributed by atoms with Gasteiger partial charge in [0.2, 0.25) is 0 Å². The fraction of sp³-hybridized carbons (Fsp3) is 0.438. The van der Waals surface area contributed by atoms with Crippen molar-refractivity contribution < 1.29 is 19.1 Å². The van der Waals surface area contributed by atoms with E-state index in [0.717, 1.165) is 41.8 Å². The van der Waals surface area contributed by atoms with Crippen molar-refractivity contribution in [3.8, 4) is 0 Å². The Balaban J connectivity index is 1.94. The van der Waals surface area contributed by atoms with Gasteiger partial charge in [-0.15, -0.1) is 0 Å². The van der Waals surface area contributed by atoms with Gasteiger partial charge in [-0.1, -0.05) is 19.4 Å². The molecule has 1 amide bonds. The molecule has 1 aromatic heterocycles. The summed E-state index contributed by atoms with van der Waals surface area (Å²) in [4.78, 5) is 26.3. The number of Topliss-reactive ketones (excluding diaryl/α,β-unsaturated/α-hetero) is 1. The van der Waals surface area contributed by atoms with Crippen LogP contribution in [0.1, 0.15) is 37.6 Å². The van der Waals surface area contributed by atoms with Gasteiger partial charge in [0.25, 0.3) is 0 Å². The SMILES string of the molecule is CCCCc1nc2ccc(CCC(=O)CNC(=O)O)cc2o1. The number of carbonyl (C=O) groups excluding carboxylic acids is 1. The van der Waals surface area contributed by atoms with E-state index >= 15 is 0 Å². The average Bonchev–Trinajstić information content (AvgIpc) is 2.90. The zero-order chi connectivity index (χ0) is 15.9. The van der Waals surface area contributed by atoms with E-state index in [1.807, 2.05) is 18.2 Å². The minimum Gasteiger partial charge on any atom is -0.465 e. The highest BCUT2D eigenvalue weighted by Gasteiger charge is 2.08. The van der Waals surface area contributed by atoms with Crippen molar-refractivity contribution in [1.82, 2.24) is 10.3 Å². The molecule has 6 nitrogen and oxygen atoms in total. The van der Waals surface area contributed by atoms with Gasteiger partial charge in [0.15, 0.2) is 17.3 Å². The average molecular weight is 304 g/mol. The van der Waals surface area contributed by atoms with Crippen molar-refractivity contribution >= 4 is 23.0 Å². The van der Waals surface area contributed by atoms with Crippen molar-refractivity contribution in [2.75, 3.05) is 6.54 Å². The number of fused-ring (bicyclic) bond motifs is 1. The molecule has 22 heavy (non-hydrogen) atoms. The van der Waals surface area contributed by atoms with Crippen LogP contribution in [0.4, 0.5) is 4.79 Å². The second kappa shape index (κ2) is 7.59. The molecule has 0 bridgehead atoms. The summed E-state index contributed by atoms with van der Waals surface area (Å²) in [6, 6.07) is 5.71. The lowest BCUT2D eigenvalue weighted by Crippen LogP contribution is -2.27. The number of amides is 1. The van der Waals surface area contributed by atoms with E-state index in [0.29, 0.717) is 12.8 Å². The molecular formula is C16H20N2O4. The second-order valence-electron chi connectivity index (χ2n) is 5.21. The minimum absolute atomic E-state index is 0.135. The van der Waals surface area contributed by atoms with E-state index < -0.39 is 6.09 Å². The number of aryl methyl sites for hydroxylation is 2. The van der Waals surface area contributed by atoms with Crippen LogP contribution in [0.2, 0.25) is 0 Å². The Kier molecular flexibility index (Phi) is 5.52. The molecule has 0 aliphatic heterocycles. The number of carbonyl (C=O) groups is 2. The highest BCUT2D eigenvalue weighted by atomic mass is 16.4. The molecule has 1 aromatic carbocycles. The molecule has 1 heterocycles. The molecule has 0 saturated heterocycles. The standard InChI is InChI=1S/C16H20N2O4/c1-2-3-4-15-18-13-8-6-11(9-14(13)22-15)5-7-12(19)10-17-16(20)21/h6,8-9,17H,2-5,7,10H2,1H3,(H,20,21). The number of aromatic nitrogens is 1. The van der Waals surface area contributed by atoms with Gasteiger partial charge in [-0.25, -0.2) is 9.78 Å². The van der Waals surface area contributed by atoms with E-state index in [1.165, 1.54) is 0 Å². The Hall–Kier alpha value is -2.37. The molecule has 2 N–H and O–H groups in total. The normalized spacial score (nSPS) is 10.8. The Morgan fingerprint density at radius 1 is 1.32 bits per heavy atom. The second-order valence-corrected chi connectivity index (χ2v) is 5.21. The third kappa shape index (κ3) is 4.58. The predicted molar refractivity (Wildman–Crippen MR) is 82.0 cm³/mol. The molecule has 118 valence electrons. The maximum Gasteiger partial charge on any atom is 0.405 e. The first-order valence-electron chi connectivity index (χ1n) is 7.45. The lowest BCUT2D eigenvalue weighted by atomic mass is 10.1. The Morgan fingerprint density at radius 3 is 2.86 bits per heavy atom. The van der Waals surface area contributed by atoms with Crippen LogP contribution in [0.25, 0.3) is 11.1 Å². The number of unbranched alkanes of at least 4 members (excludes halogenated alkanes) is 1. The van der Waals surface area contributed by atoms with Gasteiger partial charge >= 0.3 is 6.09 Å². The maximum absolute atomic E-state index is 11.5. The van der Waals surface area contributed by atoms with Gasteiger partial charge in [0.1, 0.15) is 5.52 Å². The summed E-state index contributed by atoms with van der Waals surface area (Å²) in [5.41, 5.74) is 2.54. The highest BCUT2D eigenvalue weighted by molar-refractivity contribution is 5.83. The van der Waals surface area contributed by atoms with E-state index in [2.05, 4.69) is 17.2 Å². The molecule has 0 saturated carbocycles. The smallest absolute Gasteiger partial charge is 0.405 e. The van der Waals surface area contributed by atoms with E-state index in [1.54, 1.807) is 0 Å². The van der Waals surface area contributed by atoms with Crippen molar-refractivity contribution in [1.29, 1.82) is 0 Å². The monoisotopic (exact) mass is 304 g/mol. The summed E-state index contributed by atoms with van der Waals surface area (Å²) in [6.07, 6.45) is 2.64. The number of hydrogen-bond acceptors (Lipinski definition) is 4. The quantitative estimate of drug-likeness (QED) is 0.782. The molecule has 6 heteroatoms. The highest BCUT2D eigenvalue weighted by Crippen LogP contribution is 2.19. The third-order valence-electron chi connectivity index (χ3n) is 3.37. The van der Waals surface area contributed by atoms with Gasteiger partial charge < -0.3 is 14.8 Å². The van der Waals surface area contributed by atoms with Crippen LogP contribution >= 0.6 is 0 Å². The molecular weight excluding hydrogens is 284 g/mol. The Morgan fingerprint density at radius 2 is 2.14 bits per heavy atom. The van der Waals surface area contributed by atoms with Crippen molar-refractivity contribution in [2.45, 2.75) is 39.0 Å². The van der Waals surface area contributed by atoms with Crippen LogP contribution in [0.3, 0.4) is 0 Å². The lowest BCUT2D eigenvalue weighted by Gasteiger charge is -2.01. The number of rotatable bonds is 8. The molecule has 2 aromatic rings. The number of nitrogens with one attached hydrogen (secondary N) is 1. The van der Waals surface area contributed by atoms with Gasteiger partial charge in [-0.2, -0.15) is 0 Å². The summed E-state index contributed by atoms with van der Waals surface area (Å²) in [7, 11) is 0. The zero-order valence-corrected chi connectivity index (χ0v) is 12.6. The van der Waals surface area contributed by atoms with Crippen molar-refractivity contribution in [2.24, 2.45) is 0 Å². The molecule has 0 spiro atoms. The molecule has 0 fully saturated rings. The number of carboxylic acid groups (broad SMARTS) is 1.